The number of aliphatic hydroxyl groups is 5. The van der Waals surface area contributed by atoms with E-state index in [1.807, 2.05) is 6.08 Å². The van der Waals surface area contributed by atoms with E-state index in [1.54, 1.807) is 6.08 Å². The summed E-state index contributed by atoms with van der Waals surface area (Å²) in [7, 11) is 0. The number of carbonyl (C=O) groups is 1. The van der Waals surface area contributed by atoms with E-state index in [0.717, 1.165) is 89.9 Å². The zero-order valence-electron chi connectivity index (χ0n) is 52.0. The zero-order valence-corrected chi connectivity index (χ0v) is 52.0. The number of allylic oxidation sites excluding steroid dienone is 17. The molecule has 7 atom stereocenters. The fraction of sp³-hybridized carbons (Fsp3) is 0.736. The van der Waals surface area contributed by atoms with Gasteiger partial charge in [-0.05, 0) is 83.5 Å². The van der Waals surface area contributed by atoms with Gasteiger partial charge in [-0.2, -0.15) is 0 Å². The maximum atomic E-state index is 13.1. The second kappa shape index (κ2) is 60.0. The second-order valence-electron chi connectivity index (χ2n) is 22.9. The van der Waals surface area contributed by atoms with E-state index in [9.17, 15) is 30.3 Å². The first kappa shape index (κ1) is 75.9. The van der Waals surface area contributed by atoms with Gasteiger partial charge in [0.15, 0.2) is 6.29 Å². The summed E-state index contributed by atoms with van der Waals surface area (Å²) in [5, 5.41) is 54.7. The normalized spacial score (nSPS) is 19.1. The van der Waals surface area contributed by atoms with Crippen molar-refractivity contribution in [3.8, 4) is 0 Å². The van der Waals surface area contributed by atoms with Crippen LogP contribution in [0.3, 0.4) is 0 Å². The minimum atomic E-state index is -1.57. The van der Waals surface area contributed by atoms with Gasteiger partial charge >= 0.3 is 0 Å². The Bertz CT molecular complexity index is 1640. The third-order valence-electron chi connectivity index (χ3n) is 15.4. The lowest BCUT2D eigenvalue weighted by Gasteiger charge is -2.40. The molecule has 0 aromatic heterocycles. The Kier molecular flexibility index (Phi) is 56.2. The Morgan fingerprint density at radius 1 is 0.432 bits per heavy atom. The Morgan fingerprint density at radius 3 is 1.14 bits per heavy atom. The molecule has 1 fully saturated rings. The molecular weight excluding hydrogens is 1010 g/mol. The lowest BCUT2D eigenvalue weighted by molar-refractivity contribution is -0.302. The predicted octanol–water partition coefficient (Wildman–Crippen LogP) is 18.1. The topological polar surface area (TPSA) is 149 Å². The van der Waals surface area contributed by atoms with Crippen molar-refractivity contribution in [2.45, 2.75) is 326 Å². The number of carbonyl (C=O) groups excluding carboxylic acids is 1. The van der Waals surface area contributed by atoms with Crippen LogP contribution in [-0.2, 0) is 14.3 Å². The fourth-order valence-electron chi connectivity index (χ4n) is 10.1. The average molecular weight is 1130 g/mol. The summed E-state index contributed by atoms with van der Waals surface area (Å²) >= 11 is 0. The van der Waals surface area contributed by atoms with Crippen LogP contribution in [0.2, 0.25) is 0 Å². The highest BCUT2D eigenvalue weighted by atomic mass is 16.7. The van der Waals surface area contributed by atoms with Gasteiger partial charge in [0.05, 0.1) is 25.4 Å². The van der Waals surface area contributed by atoms with Crippen LogP contribution < -0.4 is 5.32 Å². The van der Waals surface area contributed by atoms with Crippen LogP contribution in [0.5, 0.6) is 0 Å². The first-order valence-corrected chi connectivity index (χ1v) is 33.6. The molecule has 0 aromatic rings. The van der Waals surface area contributed by atoms with Gasteiger partial charge in [0.1, 0.15) is 24.4 Å². The molecule has 0 spiro atoms. The van der Waals surface area contributed by atoms with E-state index in [2.05, 4.69) is 116 Å². The number of unbranched alkanes of at least 4 members (excludes halogenated alkanes) is 31. The van der Waals surface area contributed by atoms with E-state index in [4.69, 9.17) is 9.47 Å². The van der Waals surface area contributed by atoms with Crippen molar-refractivity contribution in [1.29, 1.82) is 0 Å². The molecule has 0 saturated carbocycles. The van der Waals surface area contributed by atoms with Crippen LogP contribution in [0.4, 0.5) is 0 Å². The van der Waals surface area contributed by atoms with Gasteiger partial charge in [-0.25, -0.2) is 0 Å². The molecule has 81 heavy (non-hydrogen) atoms. The predicted molar refractivity (Wildman–Crippen MR) is 345 cm³/mol. The molecule has 1 aliphatic heterocycles. The van der Waals surface area contributed by atoms with Crippen LogP contribution >= 0.6 is 0 Å². The van der Waals surface area contributed by atoms with E-state index in [-0.39, 0.29) is 12.5 Å². The van der Waals surface area contributed by atoms with Crippen LogP contribution in [0.1, 0.15) is 284 Å². The van der Waals surface area contributed by atoms with E-state index < -0.39 is 49.5 Å². The van der Waals surface area contributed by atoms with Crippen LogP contribution in [-0.4, -0.2) is 87.5 Å². The van der Waals surface area contributed by atoms with Gasteiger partial charge in [0, 0.05) is 6.42 Å². The van der Waals surface area contributed by atoms with E-state index in [1.165, 1.54) is 173 Å². The van der Waals surface area contributed by atoms with E-state index in [0.29, 0.717) is 6.42 Å². The highest BCUT2D eigenvalue weighted by Crippen LogP contribution is 2.23. The Hall–Kier alpha value is -3.15. The van der Waals surface area contributed by atoms with Crippen LogP contribution in [0.25, 0.3) is 0 Å². The minimum Gasteiger partial charge on any atom is -0.394 e. The van der Waals surface area contributed by atoms with Crippen molar-refractivity contribution in [3.63, 3.8) is 0 Å². The SMILES string of the molecule is CC/C=C\C/C=C\C/C=C\C/C=C\C/C=C\C/C=C\C/C=C\C/C=C\CCCCCCCCCCCCCCC(=O)NC(COC1OC(CO)C(O)C(O)C1O)C(O)/C=C/CCCCCCCCCCCCCCCCCCCCC. The van der Waals surface area contributed by atoms with Crippen molar-refractivity contribution in [2.75, 3.05) is 13.2 Å². The molecule has 1 amide bonds. The Balaban J connectivity index is 2.15. The van der Waals surface area contributed by atoms with Crippen molar-refractivity contribution in [3.05, 3.63) is 109 Å². The molecule has 0 bridgehead atoms. The third-order valence-corrected chi connectivity index (χ3v) is 15.4. The fourth-order valence-corrected chi connectivity index (χ4v) is 10.1. The van der Waals surface area contributed by atoms with Gasteiger partial charge < -0.3 is 40.3 Å². The average Bonchev–Trinajstić information content (AvgIpc) is 3.49. The maximum Gasteiger partial charge on any atom is 0.220 e. The number of amides is 1. The zero-order chi connectivity index (χ0) is 58.6. The molecule has 1 rings (SSSR count). The largest absolute Gasteiger partial charge is 0.394 e. The molecule has 0 aliphatic carbocycles. The maximum absolute atomic E-state index is 13.1. The molecule has 9 nitrogen and oxygen atoms in total. The van der Waals surface area contributed by atoms with Crippen LogP contribution in [0, 0.1) is 0 Å². The minimum absolute atomic E-state index is 0.180. The Labute approximate surface area is 497 Å². The summed E-state index contributed by atoms with van der Waals surface area (Å²) in [6, 6.07) is -0.813. The lowest BCUT2D eigenvalue weighted by Crippen LogP contribution is -2.60. The molecule has 1 aliphatic rings. The van der Waals surface area contributed by atoms with Crippen molar-refractivity contribution in [2.24, 2.45) is 0 Å². The molecule has 466 valence electrons. The molecule has 9 heteroatoms. The highest BCUT2D eigenvalue weighted by molar-refractivity contribution is 5.76. The number of rotatable bonds is 57. The number of hydrogen-bond donors (Lipinski definition) is 6. The molecule has 1 heterocycles. The third kappa shape index (κ3) is 48.9. The van der Waals surface area contributed by atoms with Crippen molar-refractivity contribution >= 4 is 5.91 Å². The summed E-state index contributed by atoms with van der Waals surface area (Å²) in [6.07, 6.45) is 81.7. The quantitative estimate of drug-likeness (QED) is 0.0261. The first-order chi connectivity index (χ1) is 39.8. The molecular formula is C72H125NO8. The number of hydrogen-bond acceptors (Lipinski definition) is 8. The van der Waals surface area contributed by atoms with Gasteiger partial charge in [-0.3, -0.25) is 4.79 Å². The highest BCUT2D eigenvalue weighted by Gasteiger charge is 2.44. The first-order valence-electron chi connectivity index (χ1n) is 33.6. The van der Waals surface area contributed by atoms with Crippen molar-refractivity contribution in [1.82, 2.24) is 5.32 Å². The standard InChI is InChI=1S/C72H125NO8/c1-3-5-7-9-11-13-15-17-19-21-23-25-26-27-28-29-30-31-32-33-34-35-36-37-38-39-40-42-44-46-48-50-52-54-56-58-60-62-68(76)73-65(64-80-72-71(79)70(78)69(77)67(63-74)81-72)66(75)61-59-57-55-53-51-49-47-45-43-41-24-22-20-18-16-14-12-10-8-6-4-2/h5,7,11,13,17,19,23,25,27-28,30-31,33-34,36-37,59,61,65-67,69-72,74-75,77-79H,3-4,6,8-10,12,14-16,18,20-22,24,26,29,32,35,38-58,60,62-64H2,1-2H3,(H,73,76)/b7-5-,13-11-,19-17-,25-23-,28-27-,31-30-,34-33-,37-36-,61-59+. The molecule has 7 unspecified atom stereocenters. The smallest absolute Gasteiger partial charge is 0.220 e. The molecule has 0 aromatic carbocycles. The van der Waals surface area contributed by atoms with E-state index >= 15 is 0 Å². The summed E-state index contributed by atoms with van der Waals surface area (Å²) in [5.41, 5.74) is 0. The number of nitrogens with one attached hydrogen (secondary N) is 1. The monoisotopic (exact) mass is 1130 g/mol. The number of ether oxygens (including phenoxy) is 2. The summed E-state index contributed by atoms with van der Waals surface area (Å²) in [6.45, 7) is 3.68. The lowest BCUT2D eigenvalue weighted by atomic mass is 9.99. The van der Waals surface area contributed by atoms with Crippen LogP contribution in [0.15, 0.2) is 109 Å². The molecule has 1 saturated heterocycles. The van der Waals surface area contributed by atoms with Gasteiger partial charge in [-0.15, -0.1) is 0 Å². The summed E-state index contributed by atoms with van der Waals surface area (Å²) in [5.74, 6) is -0.180. The molecule has 6 N–H and O–H groups in total. The summed E-state index contributed by atoms with van der Waals surface area (Å²) in [4.78, 5) is 13.1. The van der Waals surface area contributed by atoms with Gasteiger partial charge in [0.2, 0.25) is 5.91 Å². The molecule has 0 radical (unpaired) electrons. The second-order valence-corrected chi connectivity index (χ2v) is 22.9. The van der Waals surface area contributed by atoms with Crippen molar-refractivity contribution < 1.29 is 39.8 Å². The van der Waals surface area contributed by atoms with Gasteiger partial charge in [0.25, 0.3) is 0 Å². The van der Waals surface area contributed by atoms with Gasteiger partial charge in [-0.1, -0.05) is 303 Å². The summed E-state index contributed by atoms with van der Waals surface area (Å²) < 4.78 is 11.3. The number of aliphatic hydroxyl groups excluding tert-OH is 5. The Morgan fingerprint density at radius 2 is 0.765 bits per heavy atom.